The van der Waals surface area contributed by atoms with E-state index in [0.717, 1.165) is 5.69 Å². The van der Waals surface area contributed by atoms with Crippen LogP contribution in [-0.2, 0) is 4.79 Å². The summed E-state index contributed by atoms with van der Waals surface area (Å²) in [6, 6.07) is 8.27. The third-order valence-electron chi connectivity index (χ3n) is 2.32. The van der Waals surface area contributed by atoms with Crippen LogP contribution in [0.25, 0.3) is 0 Å². The smallest absolute Gasteiger partial charge is 0.326 e. The molecule has 1 N–H and O–H groups in total. The van der Waals surface area contributed by atoms with E-state index in [2.05, 4.69) is 0 Å². The second-order valence-corrected chi connectivity index (χ2v) is 3.29. The van der Waals surface area contributed by atoms with Crippen molar-refractivity contribution in [1.82, 2.24) is 0 Å². The maximum atomic E-state index is 10.8. The first kappa shape index (κ1) is 11.1. The molecule has 0 saturated carbocycles. The fourth-order valence-electron chi connectivity index (χ4n) is 1.18. The van der Waals surface area contributed by atoms with Gasteiger partial charge in [-0.1, -0.05) is 6.07 Å². The van der Waals surface area contributed by atoms with Crippen molar-refractivity contribution in [2.24, 2.45) is 0 Å². The molecule has 0 aliphatic heterocycles. The zero-order valence-electron chi connectivity index (χ0n) is 8.64. The highest BCUT2D eigenvalue weighted by atomic mass is 16.4. The molecule has 1 atom stereocenters. The summed E-state index contributed by atoms with van der Waals surface area (Å²) in [6.07, 6.45) is 0. The number of carbonyl (C=O) groups is 1. The Kier molecular flexibility index (Phi) is 3.29. The van der Waals surface area contributed by atoms with E-state index in [4.69, 9.17) is 10.4 Å². The molecule has 1 aromatic rings. The van der Waals surface area contributed by atoms with Gasteiger partial charge in [0.15, 0.2) is 0 Å². The Balaban J connectivity index is 2.96. The van der Waals surface area contributed by atoms with E-state index in [1.807, 2.05) is 6.07 Å². The van der Waals surface area contributed by atoms with Crippen LogP contribution in [0.5, 0.6) is 0 Å². The number of benzene rings is 1. The average Bonchev–Trinajstić information content (AvgIpc) is 2.27. The second-order valence-electron chi connectivity index (χ2n) is 3.29. The number of anilines is 1. The molecule has 0 aliphatic carbocycles. The van der Waals surface area contributed by atoms with E-state index in [1.165, 1.54) is 0 Å². The molecule has 4 heteroatoms. The molecule has 0 saturated heterocycles. The number of hydrogen-bond acceptors (Lipinski definition) is 3. The number of hydrogen-bond donors (Lipinski definition) is 1. The normalized spacial score (nSPS) is 11.5. The van der Waals surface area contributed by atoms with E-state index in [-0.39, 0.29) is 0 Å². The van der Waals surface area contributed by atoms with Crippen molar-refractivity contribution in [3.63, 3.8) is 0 Å². The Bertz CT molecular complexity index is 409. The summed E-state index contributed by atoms with van der Waals surface area (Å²) in [6.45, 7) is 1.60. The van der Waals surface area contributed by atoms with Gasteiger partial charge in [0.05, 0.1) is 11.6 Å². The van der Waals surface area contributed by atoms with Gasteiger partial charge in [-0.2, -0.15) is 5.26 Å². The molecular formula is C11H12N2O2. The van der Waals surface area contributed by atoms with Gasteiger partial charge in [-0.15, -0.1) is 0 Å². The van der Waals surface area contributed by atoms with Gasteiger partial charge in [-0.05, 0) is 25.1 Å². The monoisotopic (exact) mass is 204 g/mol. The van der Waals surface area contributed by atoms with E-state index >= 15 is 0 Å². The molecular weight excluding hydrogens is 192 g/mol. The molecule has 0 fully saturated rings. The molecule has 15 heavy (non-hydrogen) atoms. The highest BCUT2D eigenvalue weighted by molar-refractivity contribution is 5.77. The summed E-state index contributed by atoms with van der Waals surface area (Å²) >= 11 is 0. The molecule has 0 spiro atoms. The van der Waals surface area contributed by atoms with Crippen LogP contribution in [0.15, 0.2) is 24.3 Å². The predicted molar refractivity (Wildman–Crippen MR) is 56.7 cm³/mol. The second kappa shape index (κ2) is 4.47. The van der Waals surface area contributed by atoms with Crippen molar-refractivity contribution in [2.75, 3.05) is 11.9 Å². The fourth-order valence-corrected chi connectivity index (χ4v) is 1.18. The van der Waals surface area contributed by atoms with Crippen LogP contribution in [0.3, 0.4) is 0 Å². The minimum atomic E-state index is -0.889. The summed E-state index contributed by atoms with van der Waals surface area (Å²) in [4.78, 5) is 12.4. The number of rotatable bonds is 3. The maximum absolute atomic E-state index is 10.8. The number of nitriles is 1. The summed E-state index contributed by atoms with van der Waals surface area (Å²) in [7, 11) is 1.69. The molecule has 0 amide bonds. The molecule has 1 rings (SSSR count). The van der Waals surface area contributed by atoms with Gasteiger partial charge in [0.1, 0.15) is 6.04 Å². The van der Waals surface area contributed by atoms with Crippen LogP contribution in [-0.4, -0.2) is 24.2 Å². The van der Waals surface area contributed by atoms with Crippen molar-refractivity contribution in [3.05, 3.63) is 29.8 Å². The van der Waals surface area contributed by atoms with Crippen LogP contribution in [0.4, 0.5) is 5.69 Å². The lowest BCUT2D eigenvalue weighted by Crippen LogP contribution is -2.35. The van der Waals surface area contributed by atoms with E-state index in [0.29, 0.717) is 5.56 Å². The first-order valence-electron chi connectivity index (χ1n) is 4.52. The SMILES string of the molecule is CC(C(=O)O)N(C)c1cccc(C#N)c1. The summed E-state index contributed by atoms with van der Waals surface area (Å²) in [5.74, 6) is -0.889. The third kappa shape index (κ3) is 2.47. The Morgan fingerprint density at radius 2 is 2.27 bits per heavy atom. The molecule has 0 aromatic heterocycles. The predicted octanol–water partition coefficient (Wildman–Crippen LogP) is 1.47. The zero-order valence-corrected chi connectivity index (χ0v) is 8.64. The van der Waals surface area contributed by atoms with Crippen molar-refractivity contribution in [2.45, 2.75) is 13.0 Å². The van der Waals surface area contributed by atoms with E-state index in [1.54, 1.807) is 43.1 Å². The molecule has 4 nitrogen and oxygen atoms in total. The highest BCUT2D eigenvalue weighted by Gasteiger charge is 2.16. The van der Waals surface area contributed by atoms with Crippen LogP contribution in [0.2, 0.25) is 0 Å². The largest absolute Gasteiger partial charge is 0.480 e. The minimum absolute atomic E-state index is 0.525. The molecule has 0 bridgehead atoms. The first-order chi connectivity index (χ1) is 7.06. The van der Waals surface area contributed by atoms with Crippen molar-refractivity contribution in [1.29, 1.82) is 5.26 Å². The Hall–Kier alpha value is -2.02. The van der Waals surface area contributed by atoms with E-state index < -0.39 is 12.0 Å². The van der Waals surface area contributed by atoms with Crippen LogP contribution >= 0.6 is 0 Å². The van der Waals surface area contributed by atoms with Gasteiger partial charge in [-0.3, -0.25) is 0 Å². The molecule has 1 unspecified atom stereocenters. The molecule has 0 heterocycles. The summed E-state index contributed by atoms with van der Waals surface area (Å²) in [5, 5.41) is 17.5. The summed E-state index contributed by atoms with van der Waals surface area (Å²) in [5.41, 5.74) is 1.25. The van der Waals surface area contributed by atoms with E-state index in [9.17, 15) is 4.79 Å². The standard InChI is InChI=1S/C11H12N2O2/c1-8(11(14)15)13(2)10-5-3-4-9(6-10)7-12/h3-6,8H,1-2H3,(H,14,15). The quantitative estimate of drug-likeness (QED) is 0.809. The van der Waals surface area contributed by atoms with Crippen molar-refractivity contribution in [3.8, 4) is 6.07 Å². The number of aliphatic carboxylic acids is 1. The number of carboxylic acid groups (broad SMARTS) is 1. The molecule has 78 valence electrons. The maximum Gasteiger partial charge on any atom is 0.326 e. The van der Waals surface area contributed by atoms with Crippen LogP contribution in [0, 0.1) is 11.3 Å². The Labute approximate surface area is 88.4 Å². The van der Waals surface area contributed by atoms with Gasteiger partial charge in [0.25, 0.3) is 0 Å². The molecule has 0 aliphatic rings. The third-order valence-corrected chi connectivity index (χ3v) is 2.32. The number of likely N-dealkylation sites (N-methyl/N-ethyl adjacent to an activating group) is 1. The van der Waals surface area contributed by atoms with Crippen molar-refractivity contribution >= 4 is 11.7 Å². The number of carboxylic acids is 1. The topological polar surface area (TPSA) is 64.3 Å². The minimum Gasteiger partial charge on any atom is -0.480 e. The lowest BCUT2D eigenvalue weighted by Gasteiger charge is -2.23. The van der Waals surface area contributed by atoms with Crippen molar-refractivity contribution < 1.29 is 9.90 Å². The molecule has 0 radical (unpaired) electrons. The Morgan fingerprint density at radius 3 is 2.80 bits per heavy atom. The summed E-state index contributed by atoms with van der Waals surface area (Å²) < 4.78 is 0. The fraction of sp³-hybridized carbons (Fsp3) is 0.273. The number of nitrogens with zero attached hydrogens (tertiary/aromatic N) is 2. The van der Waals surface area contributed by atoms with Crippen LogP contribution in [0.1, 0.15) is 12.5 Å². The molecule has 1 aromatic carbocycles. The Morgan fingerprint density at radius 1 is 1.60 bits per heavy atom. The van der Waals surface area contributed by atoms with Gasteiger partial charge in [0, 0.05) is 12.7 Å². The van der Waals surface area contributed by atoms with Gasteiger partial charge < -0.3 is 10.0 Å². The highest BCUT2D eigenvalue weighted by Crippen LogP contribution is 2.16. The van der Waals surface area contributed by atoms with Gasteiger partial charge >= 0.3 is 5.97 Å². The average molecular weight is 204 g/mol. The lowest BCUT2D eigenvalue weighted by molar-refractivity contribution is -0.138. The van der Waals surface area contributed by atoms with Crippen LogP contribution < -0.4 is 4.90 Å². The van der Waals surface area contributed by atoms with Gasteiger partial charge in [0.2, 0.25) is 0 Å². The lowest BCUT2D eigenvalue weighted by atomic mass is 10.2. The van der Waals surface area contributed by atoms with Gasteiger partial charge in [-0.25, -0.2) is 4.79 Å². The zero-order chi connectivity index (χ0) is 11.4. The first-order valence-corrected chi connectivity index (χ1v) is 4.52.